The molecule has 3 fully saturated rings. The van der Waals surface area contributed by atoms with Crippen LogP contribution in [0.25, 0.3) is 0 Å². The van der Waals surface area contributed by atoms with Crippen molar-refractivity contribution in [3.8, 4) is 0 Å². The first kappa shape index (κ1) is 42.0. The van der Waals surface area contributed by atoms with Gasteiger partial charge >= 0.3 is 0 Å². The summed E-state index contributed by atoms with van der Waals surface area (Å²) < 4.78 is 14.6. The van der Waals surface area contributed by atoms with E-state index in [4.69, 9.17) is 0 Å². The molecule has 7 rings (SSSR count). The summed E-state index contributed by atoms with van der Waals surface area (Å²) in [6.45, 7) is 10.0. The van der Waals surface area contributed by atoms with E-state index in [2.05, 4.69) is 73.9 Å². The molecule has 14 heteroatoms. The molecule has 3 N–H and O–H groups in total. The van der Waals surface area contributed by atoms with E-state index in [1.165, 1.54) is 17.3 Å². The van der Waals surface area contributed by atoms with E-state index >= 15 is 0 Å². The normalized spacial score (nSPS) is 21.3. The fraction of sp³-hybridized carbons (Fsp3) is 0.489. The Bertz CT molecular complexity index is 2010. The molecule has 0 radical (unpaired) electrons. The molecular weight excluding hydrogens is 752 g/mol. The van der Waals surface area contributed by atoms with Gasteiger partial charge in [-0.15, -0.1) is 0 Å². The highest BCUT2D eigenvalue weighted by Crippen LogP contribution is 2.34. The van der Waals surface area contributed by atoms with Crippen molar-refractivity contribution in [1.29, 1.82) is 0 Å². The zero-order valence-corrected chi connectivity index (χ0v) is 34.5. The van der Waals surface area contributed by atoms with E-state index < -0.39 is 29.7 Å². The summed E-state index contributed by atoms with van der Waals surface area (Å²) in [4.78, 5) is 73.6. The molecule has 0 spiro atoms. The quantitative estimate of drug-likeness (QED) is 0.144. The number of piperidine rings is 1. The van der Waals surface area contributed by atoms with Gasteiger partial charge in [-0.05, 0) is 88.3 Å². The summed E-state index contributed by atoms with van der Waals surface area (Å²) in [5, 5.41) is 8.12. The van der Waals surface area contributed by atoms with Crippen molar-refractivity contribution in [2.24, 2.45) is 0 Å². The van der Waals surface area contributed by atoms with Gasteiger partial charge in [0.1, 0.15) is 11.9 Å². The standard InChI is InChI=1S/C45H57FN8O5/c1-30-10-8-12-36(46)34(30)27-52-28-35(39(29-52)50(2)3)31-14-16-32(17-15-31)53-24-22-51(23-25-53)21-7-5-4-6-20-47-41(56)26-48-37-13-9-11-33-42(37)45(59)54(44(33)58)38-18-19-40(55)49-43(38)57/h8-17,35,38-39,48H,4-7,18-29H2,1-3H3,(H,47,56)(H,49,55,57)/t35-,38?,39+/m1/s1. The summed E-state index contributed by atoms with van der Waals surface area (Å²) in [6, 6.07) is 18.6. The van der Waals surface area contributed by atoms with Gasteiger partial charge in [0, 0.05) is 87.7 Å². The molecule has 5 amide bonds. The highest BCUT2D eigenvalue weighted by molar-refractivity contribution is 6.25. The van der Waals surface area contributed by atoms with Gasteiger partial charge in [0.2, 0.25) is 17.7 Å². The van der Waals surface area contributed by atoms with Crippen LogP contribution in [-0.2, 0) is 20.9 Å². The number of fused-ring (bicyclic) bond motifs is 1. The Hall–Kier alpha value is -5.18. The van der Waals surface area contributed by atoms with E-state index in [-0.39, 0.29) is 42.2 Å². The lowest BCUT2D eigenvalue weighted by atomic mass is 9.93. The average Bonchev–Trinajstić information content (AvgIpc) is 3.77. The number of carbonyl (C=O) groups excluding carboxylic acids is 5. The van der Waals surface area contributed by atoms with Crippen LogP contribution < -0.4 is 20.9 Å². The molecule has 314 valence electrons. The van der Waals surface area contributed by atoms with Gasteiger partial charge in [-0.1, -0.05) is 43.2 Å². The molecule has 0 saturated carbocycles. The number of rotatable bonds is 16. The average molecular weight is 809 g/mol. The SMILES string of the molecule is Cc1cccc(F)c1CN1C[C@H](c2ccc(N3CCN(CCCCCCNC(=O)CNc4cccc5c4C(=O)N(C4CCC(=O)NC4=O)C5=O)CC3)cc2)[C@@H](N(C)C)C1. The van der Waals surface area contributed by atoms with Crippen LogP contribution in [0.3, 0.4) is 0 Å². The lowest BCUT2D eigenvalue weighted by Crippen LogP contribution is -2.54. The third-order valence-corrected chi connectivity index (χ3v) is 12.5. The Morgan fingerprint density at radius 3 is 2.34 bits per heavy atom. The van der Waals surface area contributed by atoms with Crippen LogP contribution in [0.2, 0.25) is 0 Å². The molecule has 1 unspecified atom stereocenters. The second-order valence-electron chi connectivity index (χ2n) is 16.6. The van der Waals surface area contributed by atoms with Gasteiger partial charge in [-0.25, -0.2) is 4.39 Å². The number of benzene rings is 3. The molecule has 0 aliphatic carbocycles. The number of imide groups is 2. The maximum Gasteiger partial charge on any atom is 0.264 e. The van der Waals surface area contributed by atoms with E-state index in [0.29, 0.717) is 30.7 Å². The lowest BCUT2D eigenvalue weighted by Gasteiger charge is -2.36. The van der Waals surface area contributed by atoms with E-state index in [0.717, 1.165) is 87.5 Å². The zero-order valence-electron chi connectivity index (χ0n) is 34.5. The maximum atomic E-state index is 14.6. The van der Waals surface area contributed by atoms with Crippen molar-refractivity contribution in [1.82, 2.24) is 30.2 Å². The van der Waals surface area contributed by atoms with Crippen LogP contribution in [0.15, 0.2) is 60.7 Å². The highest BCUT2D eigenvalue weighted by Gasteiger charge is 2.45. The molecule has 0 aromatic heterocycles. The minimum Gasteiger partial charge on any atom is -0.375 e. The topological polar surface area (TPSA) is 138 Å². The molecule has 3 aromatic rings. The number of aryl methyl sites for hydroxylation is 1. The molecule has 3 atom stereocenters. The van der Waals surface area contributed by atoms with Crippen molar-refractivity contribution >= 4 is 40.9 Å². The number of halogens is 1. The third-order valence-electron chi connectivity index (χ3n) is 12.5. The molecule has 4 heterocycles. The van der Waals surface area contributed by atoms with Gasteiger partial charge in [0.25, 0.3) is 11.8 Å². The number of hydrogen-bond donors (Lipinski definition) is 3. The Morgan fingerprint density at radius 1 is 0.864 bits per heavy atom. The monoisotopic (exact) mass is 808 g/mol. The largest absolute Gasteiger partial charge is 0.375 e. The highest BCUT2D eigenvalue weighted by atomic mass is 19.1. The van der Waals surface area contributed by atoms with Crippen molar-refractivity contribution in [3.63, 3.8) is 0 Å². The molecule has 59 heavy (non-hydrogen) atoms. The minimum atomic E-state index is -1.05. The van der Waals surface area contributed by atoms with E-state index in [9.17, 15) is 28.4 Å². The Labute approximate surface area is 346 Å². The van der Waals surface area contributed by atoms with Crippen molar-refractivity contribution in [2.75, 3.05) is 83.2 Å². The van der Waals surface area contributed by atoms with Crippen LogP contribution >= 0.6 is 0 Å². The van der Waals surface area contributed by atoms with Crippen LogP contribution in [0, 0.1) is 12.7 Å². The number of anilines is 2. The van der Waals surface area contributed by atoms with E-state index in [1.54, 1.807) is 24.3 Å². The molecule has 3 saturated heterocycles. The molecule has 13 nitrogen and oxygen atoms in total. The van der Waals surface area contributed by atoms with Gasteiger partial charge in [0.15, 0.2) is 0 Å². The Balaban J connectivity index is 0.775. The number of likely N-dealkylation sites (tertiary alicyclic amines) is 1. The van der Waals surface area contributed by atoms with Crippen molar-refractivity contribution in [3.05, 3.63) is 94.3 Å². The zero-order chi connectivity index (χ0) is 41.6. The van der Waals surface area contributed by atoms with Gasteiger partial charge in [-0.2, -0.15) is 0 Å². The number of likely N-dealkylation sites (N-methyl/N-ethyl adjacent to an activating group) is 1. The van der Waals surface area contributed by atoms with Crippen molar-refractivity contribution in [2.45, 2.75) is 70.0 Å². The molecular formula is C45H57FN8O5. The molecule has 0 bridgehead atoms. The first-order valence-electron chi connectivity index (χ1n) is 21.0. The fourth-order valence-corrected chi connectivity index (χ4v) is 9.04. The number of piperazine rings is 1. The van der Waals surface area contributed by atoms with E-state index in [1.807, 2.05) is 13.0 Å². The number of amides is 5. The lowest BCUT2D eigenvalue weighted by molar-refractivity contribution is -0.136. The second-order valence-corrected chi connectivity index (χ2v) is 16.6. The van der Waals surface area contributed by atoms with Crippen molar-refractivity contribution < 1.29 is 28.4 Å². The first-order valence-corrected chi connectivity index (χ1v) is 21.0. The van der Waals surface area contributed by atoms with Crippen LogP contribution in [0.5, 0.6) is 0 Å². The fourth-order valence-electron chi connectivity index (χ4n) is 9.04. The summed E-state index contributed by atoms with van der Waals surface area (Å²) in [7, 11) is 4.28. The Morgan fingerprint density at radius 2 is 1.61 bits per heavy atom. The molecule has 3 aromatic carbocycles. The maximum absolute atomic E-state index is 14.6. The Kier molecular flexibility index (Phi) is 13.4. The summed E-state index contributed by atoms with van der Waals surface area (Å²) in [5.74, 6) is -2.27. The number of carbonyl (C=O) groups is 5. The summed E-state index contributed by atoms with van der Waals surface area (Å²) in [6.07, 6.45) is 4.19. The smallest absolute Gasteiger partial charge is 0.264 e. The predicted octanol–water partition coefficient (Wildman–Crippen LogP) is 3.98. The number of hydrogen-bond acceptors (Lipinski definition) is 10. The summed E-state index contributed by atoms with van der Waals surface area (Å²) in [5.41, 5.74) is 5.05. The van der Waals surface area contributed by atoms with Crippen LogP contribution in [0.1, 0.15) is 81.8 Å². The third kappa shape index (κ3) is 9.66. The van der Waals surface area contributed by atoms with Crippen LogP contribution in [0.4, 0.5) is 15.8 Å². The minimum absolute atomic E-state index is 0.0469. The predicted molar refractivity (Wildman–Crippen MR) is 225 cm³/mol. The molecule has 4 aliphatic heterocycles. The summed E-state index contributed by atoms with van der Waals surface area (Å²) >= 11 is 0. The first-order chi connectivity index (χ1) is 28.5. The van der Waals surface area contributed by atoms with Gasteiger partial charge in [-0.3, -0.25) is 44.0 Å². The van der Waals surface area contributed by atoms with Gasteiger partial charge in [0.05, 0.1) is 17.7 Å². The van der Waals surface area contributed by atoms with Crippen LogP contribution in [-0.4, -0.2) is 134 Å². The number of nitrogens with zero attached hydrogens (tertiary/aromatic N) is 5. The molecule has 4 aliphatic rings. The second kappa shape index (κ2) is 18.8. The number of nitrogens with one attached hydrogen (secondary N) is 3. The number of unbranched alkanes of at least 4 members (excludes halogenated alkanes) is 3. The van der Waals surface area contributed by atoms with Gasteiger partial charge < -0.3 is 20.4 Å².